The fourth-order valence-corrected chi connectivity index (χ4v) is 4.06. The van der Waals surface area contributed by atoms with Gasteiger partial charge >= 0.3 is 0 Å². The summed E-state index contributed by atoms with van der Waals surface area (Å²) in [6.45, 7) is 7.27. The molecule has 3 heterocycles. The summed E-state index contributed by atoms with van der Waals surface area (Å²) in [5, 5.41) is 0. The van der Waals surface area contributed by atoms with E-state index in [4.69, 9.17) is 4.98 Å². The Kier molecular flexibility index (Phi) is 5.74. The summed E-state index contributed by atoms with van der Waals surface area (Å²) in [6.07, 6.45) is 6.08. The lowest BCUT2D eigenvalue weighted by Gasteiger charge is -2.36. The van der Waals surface area contributed by atoms with E-state index in [0.717, 1.165) is 56.6 Å². The third-order valence-electron chi connectivity index (χ3n) is 5.66. The van der Waals surface area contributed by atoms with E-state index in [1.807, 2.05) is 29.3 Å². The highest BCUT2D eigenvalue weighted by atomic mass is 16.2. The van der Waals surface area contributed by atoms with Gasteiger partial charge in [0.15, 0.2) is 0 Å². The number of rotatable bonds is 4. The molecule has 0 bridgehead atoms. The van der Waals surface area contributed by atoms with Crippen LogP contribution in [0.1, 0.15) is 30.4 Å². The predicted octanol–water partition coefficient (Wildman–Crippen LogP) is 2.67. The van der Waals surface area contributed by atoms with Gasteiger partial charge in [-0.15, -0.1) is 0 Å². The number of piperazine rings is 1. The van der Waals surface area contributed by atoms with Gasteiger partial charge in [-0.3, -0.25) is 4.79 Å². The van der Waals surface area contributed by atoms with Crippen LogP contribution in [-0.2, 0) is 11.2 Å². The van der Waals surface area contributed by atoms with E-state index in [1.54, 1.807) is 0 Å². The Morgan fingerprint density at radius 2 is 1.75 bits per heavy atom. The molecule has 2 aromatic rings. The van der Waals surface area contributed by atoms with Gasteiger partial charge in [-0.05, 0) is 37.8 Å². The van der Waals surface area contributed by atoms with Crippen LogP contribution in [-0.4, -0.2) is 60.0 Å². The van der Waals surface area contributed by atoms with Crippen molar-refractivity contribution >= 4 is 17.7 Å². The number of amides is 1. The summed E-state index contributed by atoms with van der Waals surface area (Å²) in [7, 11) is 0. The summed E-state index contributed by atoms with van der Waals surface area (Å²) in [5.41, 5.74) is 2.29. The number of hydrogen-bond donors (Lipinski definition) is 0. The van der Waals surface area contributed by atoms with E-state index >= 15 is 0 Å². The van der Waals surface area contributed by atoms with Gasteiger partial charge in [-0.1, -0.05) is 29.8 Å². The second-order valence-electron chi connectivity index (χ2n) is 7.80. The van der Waals surface area contributed by atoms with Gasteiger partial charge in [-0.2, -0.15) is 4.98 Å². The Hall–Kier alpha value is -2.63. The summed E-state index contributed by atoms with van der Waals surface area (Å²) in [6, 6.07) is 10.2. The maximum absolute atomic E-state index is 12.7. The SMILES string of the molecule is Cc1cccc(CC(=O)N2CCN(c3ccnc(N4CCCCC4)n3)CC2)c1. The van der Waals surface area contributed by atoms with E-state index < -0.39 is 0 Å². The number of anilines is 2. The number of carbonyl (C=O) groups is 1. The first-order valence-electron chi connectivity index (χ1n) is 10.4. The fraction of sp³-hybridized carbons (Fsp3) is 0.500. The third kappa shape index (κ3) is 4.43. The standard InChI is InChI=1S/C22H29N5O/c1-18-6-5-7-19(16-18)17-21(28)26-14-12-25(13-15-26)20-8-9-23-22(24-20)27-10-3-2-4-11-27/h5-9,16H,2-4,10-15,17H2,1H3. The Morgan fingerprint density at radius 3 is 2.50 bits per heavy atom. The van der Waals surface area contributed by atoms with Crippen molar-refractivity contribution < 1.29 is 4.79 Å². The molecule has 2 fully saturated rings. The second kappa shape index (κ2) is 8.59. The average molecular weight is 380 g/mol. The molecule has 1 aromatic heterocycles. The first-order chi connectivity index (χ1) is 13.7. The highest BCUT2D eigenvalue weighted by Crippen LogP contribution is 2.20. The quantitative estimate of drug-likeness (QED) is 0.818. The van der Waals surface area contributed by atoms with E-state index in [1.165, 1.54) is 24.8 Å². The molecule has 2 aliphatic heterocycles. The van der Waals surface area contributed by atoms with Gasteiger partial charge < -0.3 is 14.7 Å². The molecule has 0 N–H and O–H groups in total. The molecule has 148 valence electrons. The molecule has 1 amide bonds. The van der Waals surface area contributed by atoms with Crippen LogP contribution in [0.5, 0.6) is 0 Å². The van der Waals surface area contributed by atoms with Crippen LogP contribution in [0.15, 0.2) is 36.5 Å². The van der Waals surface area contributed by atoms with E-state index in [9.17, 15) is 4.79 Å². The molecule has 4 rings (SSSR count). The molecule has 0 radical (unpaired) electrons. The van der Waals surface area contributed by atoms with Crippen molar-refractivity contribution in [1.29, 1.82) is 0 Å². The molecule has 0 saturated carbocycles. The molecule has 2 saturated heterocycles. The molecule has 1 aromatic carbocycles. The molecule has 6 heteroatoms. The molecule has 6 nitrogen and oxygen atoms in total. The Balaban J connectivity index is 1.34. The molecule has 0 atom stereocenters. The van der Waals surface area contributed by atoms with E-state index in [2.05, 4.69) is 33.8 Å². The van der Waals surface area contributed by atoms with Gasteiger partial charge in [0.2, 0.25) is 11.9 Å². The molecule has 2 aliphatic rings. The van der Waals surface area contributed by atoms with Gasteiger partial charge in [0.1, 0.15) is 5.82 Å². The van der Waals surface area contributed by atoms with Crippen molar-refractivity contribution in [2.24, 2.45) is 0 Å². The molecule has 0 spiro atoms. The number of aromatic nitrogens is 2. The third-order valence-corrected chi connectivity index (χ3v) is 5.66. The van der Waals surface area contributed by atoms with Crippen LogP contribution in [0.2, 0.25) is 0 Å². The smallest absolute Gasteiger partial charge is 0.227 e. The minimum absolute atomic E-state index is 0.210. The number of benzene rings is 1. The van der Waals surface area contributed by atoms with Crippen molar-refractivity contribution in [3.8, 4) is 0 Å². The van der Waals surface area contributed by atoms with Crippen LogP contribution in [0.4, 0.5) is 11.8 Å². The van der Waals surface area contributed by atoms with Gasteiger partial charge in [-0.25, -0.2) is 4.98 Å². The number of carbonyl (C=O) groups excluding carboxylic acids is 1. The normalized spacial score (nSPS) is 17.7. The van der Waals surface area contributed by atoms with Crippen molar-refractivity contribution in [2.75, 3.05) is 49.1 Å². The second-order valence-corrected chi connectivity index (χ2v) is 7.80. The maximum atomic E-state index is 12.7. The van der Waals surface area contributed by atoms with E-state index in [-0.39, 0.29) is 5.91 Å². The summed E-state index contributed by atoms with van der Waals surface area (Å²) in [4.78, 5) is 28.5. The molecular weight excluding hydrogens is 350 g/mol. The van der Waals surface area contributed by atoms with Crippen LogP contribution in [0.25, 0.3) is 0 Å². The Morgan fingerprint density at radius 1 is 0.964 bits per heavy atom. The zero-order valence-corrected chi connectivity index (χ0v) is 16.7. The van der Waals surface area contributed by atoms with Gasteiger partial charge in [0, 0.05) is 45.5 Å². The Labute approximate surface area is 167 Å². The van der Waals surface area contributed by atoms with Crippen molar-refractivity contribution in [3.05, 3.63) is 47.7 Å². The highest BCUT2D eigenvalue weighted by Gasteiger charge is 2.23. The summed E-state index contributed by atoms with van der Waals surface area (Å²) < 4.78 is 0. The minimum Gasteiger partial charge on any atom is -0.353 e. The fourth-order valence-electron chi connectivity index (χ4n) is 4.06. The molecule has 0 unspecified atom stereocenters. The van der Waals surface area contributed by atoms with Crippen molar-refractivity contribution in [3.63, 3.8) is 0 Å². The molecular formula is C22H29N5O. The highest BCUT2D eigenvalue weighted by molar-refractivity contribution is 5.79. The first-order valence-corrected chi connectivity index (χ1v) is 10.4. The van der Waals surface area contributed by atoms with Crippen LogP contribution in [0.3, 0.4) is 0 Å². The zero-order valence-electron chi connectivity index (χ0n) is 16.7. The van der Waals surface area contributed by atoms with Gasteiger partial charge in [0.05, 0.1) is 6.42 Å². The predicted molar refractivity (Wildman–Crippen MR) is 112 cm³/mol. The lowest BCUT2D eigenvalue weighted by Crippen LogP contribution is -2.49. The number of nitrogens with zero attached hydrogens (tertiary/aromatic N) is 5. The maximum Gasteiger partial charge on any atom is 0.227 e. The zero-order chi connectivity index (χ0) is 19.3. The van der Waals surface area contributed by atoms with Gasteiger partial charge in [0.25, 0.3) is 0 Å². The van der Waals surface area contributed by atoms with E-state index in [0.29, 0.717) is 6.42 Å². The minimum atomic E-state index is 0.210. The molecule has 0 aliphatic carbocycles. The van der Waals surface area contributed by atoms with Crippen molar-refractivity contribution in [1.82, 2.24) is 14.9 Å². The Bertz CT molecular complexity index is 810. The number of aryl methyl sites for hydroxylation is 1. The molecule has 28 heavy (non-hydrogen) atoms. The number of piperidine rings is 1. The van der Waals surface area contributed by atoms with Crippen LogP contribution in [0, 0.1) is 6.92 Å². The monoisotopic (exact) mass is 379 g/mol. The largest absolute Gasteiger partial charge is 0.353 e. The average Bonchev–Trinajstić information content (AvgIpc) is 2.75. The number of hydrogen-bond acceptors (Lipinski definition) is 5. The van der Waals surface area contributed by atoms with Crippen molar-refractivity contribution in [2.45, 2.75) is 32.6 Å². The summed E-state index contributed by atoms with van der Waals surface area (Å²) >= 11 is 0. The topological polar surface area (TPSA) is 52.6 Å². The van der Waals surface area contributed by atoms with Crippen LogP contribution >= 0.6 is 0 Å². The lowest BCUT2D eigenvalue weighted by molar-refractivity contribution is -0.130. The summed E-state index contributed by atoms with van der Waals surface area (Å²) in [5.74, 6) is 2.03. The van der Waals surface area contributed by atoms with Crippen LogP contribution < -0.4 is 9.80 Å². The first kappa shape index (κ1) is 18.7. The lowest BCUT2D eigenvalue weighted by atomic mass is 10.1.